The first-order valence-corrected chi connectivity index (χ1v) is 9.10. The molecular weight excluding hydrogens is 340 g/mol. The molecule has 27 heavy (non-hydrogen) atoms. The van der Waals surface area contributed by atoms with Crippen molar-refractivity contribution >= 4 is 5.91 Å². The highest BCUT2D eigenvalue weighted by atomic mass is 16.3. The predicted molar refractivity (Wildman–Crippen MR) is 105 cm³/mol. The summed E-state index contributed by atoms with van der Waals surface area (Å²) < 4.78 is 1.86. The number of benzene rings is 2. The molecule has 0 saturated heterocycles. The molecule has 0 bridgehead atoms. The number of aromatic nitrogens is 3. The second-order valence-corrected chi connectivity index (χ2v) is 6.73. The van der Waals surface area contributed by atoms with Crippen LogP contribution in [0.3, 0.4) is 0 Å². The first kappa shape index (κ1) is 18.6. The lowest BCUT2D eigenvalue weighted by molar-refractivity contribution is 0.0953. The summed E-state index contributed by atoms with van der Waals surface area (Å²) in [5, 5.41) is 16.5. The minimum atomic E-state index is -0.0856. The van der Waals surface area contributed by atoms with Gasteiger partial charge in [-0.2, -0.15) is 5.10 Å². The lowest BCUT2D eigenvalue weighted by Crippen LogP contribution is -2.24. The van der Waals surface area contributed by atoms with E-state index in [1.807, 2.05) is 41.1 Å². The molecule has 6 heteroatoms. The number of hydrogen-bond donors (Lipinski definition) is 2. The summed E-state index contributed by atoms with van der Waals surface area (Å²) >= 11 is 0. The van der Waals surface area contributed by atoms with Crippen molar-refractivity contribution in [3.8, 4) is 17.1 Å². The van der Waals surface area contributed by atoms with Crippen molar-refractivity contribution in [2.75, 3.05) is 6.54 Å². The molecule has 1 aromatic heterocycles. The van der Waals surface area contributed by atoms with E-state index in [1.165, 1.54) is 0 Å². The quantitative estimate of drug-likeness (QED) is 0.628. The number of amides is 1. The normalized spacial score (nSPS) is 10.9. The van der Waals surface area contributed by atoms with E-state index in [-0.39, 0.29) is 17.7 Å². The Hall–Kier alpha value is -3.15. The van der Waals surface area contributed by atoms with Gasteiger partial charge in [0.15, 0.2) is 5.82 Å². The summed E-state index contributed by atoms with van der Waals surface area (Å²) in [7, 11) is 0. The molecule has 0 aliphatic carbocycles. The molecular formula is C21H24N4O2. The summed E-state index contributed by atoms with van der Waals surface area (Å²) in [5.41, 5.74) is 2.70. The number of aryl methyl sites for hydroxylation is 1. The van der Waals surface area contributed by atoms with Gasteiger partial charge in [0, 0.05) is 23.7 Å². The van der Waals surface area contributed by atoms with Gasteiger partial charge in [0.05, 0.1) is 0 Å². The molecule has 140 valence electrons. The second-order valence-electron chi connectivity index (χ2n) is 6.73. The largest absolute Gasteiger partial charge is 0.508 e. The zero-order valence-electron chi connectivity index (χ0n) is 15.6. The summed E-state index contributed by atoms with van der Waals surface area (Å²) in [6.07, 6.45) is 3.24. The maximum atomic E-state index is 12.3. The van der Waals surface area contributed by atoms with Crippen LogP contribution in [0.1, 0.15) is 42.2 Å². The van der Waals surface area contributed by atoms with Gasteiger partial charge in [-0.1, -0.05) is 24.3 Å². The van der Waals surface area contributed by atoms with E-state index in [9.17, 15) is 9.90 Å². The average Bonchev–Trinajstić information content (AvgIpc) is 3.17. The molecule has 0 aliphatic heterocycles. The van der Waals surface area contributed by atoms with Crippen LogP contribution in [0.25, 0.3) is 11.4 Å². The van der Waals surface area contributed by atoms with Crippen LogP contribution in [0, 0.1) is 0 Å². The highest BCUT2D eigenvalue weighted by Gasteiger charge is 2.11. The second kappa shape index (κ2) is 8.49. The molecule has 0 fully saturated rings. The summed E-state index contributed by atoms with van der Waals surface area (Å²) in [6, 6.07) is 14.8. The van der Waals surface area contributed by atoms with Crippen molar-refractivity contribution in [2.45, 2.75) is 32.7 Å². The fourth-order valence-electron chi connectivity index (χ4n) is 2.86. The van der Waals surface area contributed by atoms with Crippen molar-refractivity contribution in [3.05, 3.63) is 66.0 Å². The Bertz CT molecular complexity index is 883. The van der Waals surface area contributed by atoms with Gasteiger partial charge in [0.2, 0.25) is 0 Å². The van der Waals surface area contributed by atoms with E-state index in [1.54, 1.807) is 18.5 Å². The van der Waals surface area contributed by atoms with Crippen LogP contribution in [-0.4, -0.2) is 32.3 Å². The van der Waals surface area contributed by atoms with Gasteiger partial charge >= 0.3 is 0 Å². The van der Waals surface area contributed by atoms with Crippen molar-refractivity contribution in [1.29, 1.82) is 0 Å². The van der Waals surface area contributed by atoms with E-state index < -0.39 is 0 Å². The average molecular weight is 364 g/mol. The molecule has 1 heterocycles. The van der Waals surface area contributed by atoms with Gasteiger partial charge in [-0.05, 0) is 56.5 Å². The van der Waals surface area contributed by atoms with E-state index in [4.69, 9.17) is 0 Å². The van der Waals surface area contributed by atoms with Gasteiger partial charge in [-0.3, -0.25) is 4.79 Å². The number of carbonyl (C=O) groups excluding carboxylic acids is 1. The Morgan fingerprint density at radius 1 is 1.11 bits per heavy atom. The highest BCUT2D eigenvalue weighted by molar-refractivity contribution is 5.94. The monoisotopic (exact) mass is 364 g/mol. The molecule has 0 saturated carbocycles. The predicted octanol–water partition coefficient (Wildman–Crippen LogP) is 3.59. The zero-order valence-corrected chi connectivity index (χ0v) is 15.6. The number of nitrogens with one attached hydrogen (secondary N) is 1. The van der Waals surface area contributed by atoms with Crippen LogP contribution in [0.5, 0.6) is 5.75 Å². The fourth-order valence-corrected chi connectivity index (χ4v) is 2.86. The third-order valence-electron chi connectivity index (χ3n) is 4.33. The van der Waals surface area contributed by atoms with Gasteiger partial charge in [-0.25, -0.2) is 9.67 Å². The molecule has 2 aromatic carbocycles. The zero-order chi connectivity index (χ0) is 19.2. The van der Waals surface area contributed by atoms with E-state index in [0.717, 1.165) is 29.8 Å². The van der Waals surface area contributed by atoms with Crippen LogP contribution >= 0.6 is 0 Å². The summed E-state index contributed by atoms with van der Waals surface area (Å²) in [4.78, 5) is 16.6. The van der Waals surface area contributed by atoms with Crippen molar-refractivity contribution < 1.29 is 9.90 Å². The summed E-state index contributed by atoms with van der Waals surface area (Å²) in [5.74, 6) is 0.977. The third-order valence-corrected chi connectivity index (χ3v) is 4.33. The first-order valence-electron chi connectivity index (χ1n) is 9.10. The van der Waals surface area contributed by atoms with Crippen LogP contribution in [-0.2, 0) is 6.42 Å². The lowest BCUT2D eigenvalue weighted by Gasteiger charge is -2.10. The number of aromatic hydroxyl groups is 1. The Labute approximate surface area is 158 Å². The maximum Gasteiger partial charge on any atom is 0.251 e. The number of nitrogens with zero attached hydrogens (tertiary/aromatic N) is 3. The van der Waals surface area contributed by atoms with E-state index >= 15 is 0 Å². The molecule has 0 aliphatic rings. The molecule has 2 N–H and O–H groups in total. The number of phenols is 1. The number of rotatable bonds is 7. The summed E-state index contributed by atoms with van der Waals surface area (Å²) in [6.45, 7) is 4.71. The van der Waals surface area contributed by atoms with Crippen molar-refractivity contribution in [3.63, 3.8) is 0 Å². The van der Waals surface area contributed by atoms with Gasteiger partial charge in [-0.15, -0.1) is 0 Å². The molecule has 3 aromatic rings. The van der Waals surface area contributed by atoms with Crippen LogP contribution in [0.2, 0.25) is 0 Å². The Morgan fingerprint density at radius 2 is 1.81 bits per heavy atom. The van der Waals surface area contributed by atoms with E-state index in [2.05, 4.69) is 29.2 Å². The smallest absolute Gasteiger partial charge is 0.251 e. The van der Waals surface area contributed by atoms with Crippen molar-refractivity contribution in [2.24, 2.45) is 0 Å². The molecule has 0 unspecified atom stereocenters. The lowest BCUT2D eigenvalue weighted by atomic mass is 10.1. The highest BCUT2D eigenvalue weighted by Crippen LogP contribution is 2.20. The Morgan fingerprint density at radius 3 is 2.48 bits per heavy atom. The molecule has 6 nitrogen and oxygen atoms in total. The minimum absolute atomic E-state index is 0.0856. The standard InChI is InChI=1S/C21H24N4O2/c1-15(2)25-20(23-14-24-25)17-7-9-18(10-8-17)21(27)22-13-3-4-16-5-11-19(26)12-6-16/h5-12,14-15,26H,3-4,13H2,1-2H3,(H,22,27). The Balaban J connectivity index is 1.53. The van der Waals surface area contributed by atoms with Gasteiger partial charge in [0.25, 0.3) is 5.91 Å². The molecule has 3 rings (SSSR count). The van der Waals surface area contributed by atoms with E-state index in [0.29, 0.717) is 12.1 Å². The van der Waals surface area contributed by atoms with Crippen LogP contribution < -0.4 is 5.32 Å². The SMILES string of the molecule is CC(C)n1ncnc1-c1ccc(C(=O)NCCCc2ccc(O)cc2)cc1. The number of hydrogen-bond acceptors (Lipinski definition) is 4. The maximum absolute atomic E-state index is 12.3. The van der Waals surface area contributed by atoms with Crippen LogP contribution in [0.4, 0.5) is 0 Å². The molecule has 0 atom stereocenters. The topological polar surface area (TPSA) is 80.0 Å². The van der Waals surface area contributed by atoms with Crippen molar-refractivity contribution in [1.82, 2.24) is 20.1 Å². The first-order chi connectivity index (χ1) is 13.0. The molecule has 0 spiro atoms. The fraction of sp³-hybridized carbons (Fsp3) is 0.286. The number of phenolic OH excluding ortho intramolecular Hbond substituents is 1. The number of carbonyl (C=O) groups is 1. The molecule has 0 radical (unpaired) electrons. The van der Waals surface area contributed by atoms with Gasteiger partial charge < -0.3 is 10.4 Å². The Kier molecular flexibility index (Phi) is 5.86. The van der Waals surface area contributed by atoms with Gasteiger partial charge in [0.1, 0.15) is 12.1 Å². The molecule has 1 amide bonds. The van der Waals surface area contributed by atoms with Crippen LogP contribution in [0.15, 0.2) is 54.9 Å². The third kappa shape index (κ3) is 4.73. The minimum Gasteiger partial charge on any atom is -0.508 e.